The molecule has 0 bridgehead atoms. The van der Waals surface area contributed by atoms with E-state index in [4.69, 9.17) is 19.9 Å². The van der Waals surface area contributed by atoms with Crippen molar-refractivity contribution in [3.8, 4) is 34.4 Å². The normalized spacial score (nSPS) is 15.2. The van der Waals surface area contributed by atoms with Crippen LogP contribution < -0.4 is 19.9 Å². The Labute approximate surface area is 146 Å². The molecule has 6 heteroatoms. The summed E-state index contributed by atoms with van der Waals surface area (Å²) in [6.07, 6.45) is 3.92. The molecule has 0 saturated carbocycles. The first-order valence-electron chi connectivity index (χ1n) is 8.42. The SMILES string of the molecule is COc1cc2c(cc1-c1c(C#N)c(N)nc3c1CCCC3)OCCO2. The average Bonchev–Trinajstić information content (AvgIpc) is 2.65. The minimum atomic E-state index is 0.273. The summed E-state index contributed by atoms with van der Waals surface area (Å²) in [5, 5.41) is 9.70. The number of nitriles is 1. The van der Waals surface area contributed by atoms with Gasteiger partial charge >= 0.3 is 0 Å². The van der Waals surface area contributed by atoms with Crippen LogP contribution in [-0.2, 0) is 12.8 Å². The van der Waals surface area contributed by atoms with E-state index in [1.807, 2.05) is 12.1 Å². The first-order chi connectivity index (χ1) is 12.2. The van der Waals surface area contributed by atoms with Crippen molar-refractivity contribution in [2.45, 2.75) is 25.7 Å². The van der Waals surface area contributed by atoms with Crippen molar-refractivity contribution in [1.82, 2.24) is 4.98 Å². The van der Waals surface area contributed by atoms with Gasteiger partial charge in [0.25, 0.3) is 0 Å². The Bertz CT molecular complexity index is 887. The lowest BCUT2D eigenvalue weighted by Crippen LogP contribution is -2.16. The molecule has 2 aliphatic rings. The van der Waals surface area contributed by atoms with Gasteiger partial charge in [0.2, 0.25) is 0 Å². The predicted molar refractivity (Wildman–Crippen MR) is 93.0 cm³/mol. The highest BCUT2D eigenvalue weighted by Gasteiger charge is 2.26. The first kappa shape index (κ1) is 15.6. The van der Waals surface area contributed by atoms with Crippen LogP contribution in [0, 0.1) is 11.3 Å². The number of rotatable bonds is 2. The zero-order valence-corrected chi connectivity index (χ0v) is 14.1. The lowest BCUT2D eigenvalue weighted by atomic mass is 9.86. The highest BCUT2D eigenvalue weighted by atomic mass is 16.6. The van der Waals surface area contributed by atoms with Crippen LogP contribution in [0.25, 0.3) is 11.1 Å². The van der Waals surface area contributed by atoms with Crippen LogP contribution in [0.5, 0.6) is 17.2 Å². The van der Waals surface area contributed by atoms with Crippen LogP contribution in [0.3, 0.4) is 0 Å². The number of anilines is 1. The minimum absolute atomic E-state index is 0.273. The number of nitrogen functional groups attached to an aromatic ring is 1. The molecule has 0 radical (unpaired) electrons. The molecule has 4 rings (SSSR count). The third-order valence-electron chi connectivity index (χ3n) is 4.75. The van der Waals surface area contributed by atoms with Crippen LogP contribution in [-0.4, -0.2) is 25.3 Å². The van der Waals surface area contributed by atoms with Crippen molar-refractivity contribution >= 4 is 5.82 Å². The summed E-state index contributed by atoms with van der Waals surface area (Å²) in [6.45, 7) is 1.01. The number of hydrogen-bond acceptors (Lipinski definition) is 6. The molecular weight excluding hydrogens is 318 g/mol. The monoisotopic (exact) mass is 337 g/mol. The summed E-state index contributed by atoms with van der Waals surface area (Å²) in [5.41, 5.74) is 10.2. The maximum atomic E-state index is 9.70. The van der Waals surface area contributed by atoms with Crippen molar-refractivity contribution in [3.05, 3.63) is 29.0 Å². The number of aryl methyl sites for hydroxylation is 1. The number of fused-ring (bicyclic) bond motifs is 2. The molecule has 1 aliphatic carbocycles. The van der Waals surface area contributed by atoms with Crippen molar-refractivity contribution in [2.24, 2.45) is 0 Å². The maximum Gasteiger partial charge on any atom is 0.165 e. The highest BCUT2D eigenvalue weighted by molar-refractivity contribution is 5.84. The molecule has 2 N–H and O–H groups in total. The fraction of sp³-hybridized carbons (Fsp3) is 0.368. The maximum absolute atomic E-state index is 9.70. The van der Waals surface area contributed by atoms with Gasteiger partial charge in [0.1, 0.15) is 36.4 Å². The molecule has 128 valence electrons. The van der Waals surface area contributed by atoms with Gasteiger partial charge in [-0.2, -0.15) is 5.26 Å². The number of ether oxygens (including phenoxy) is 3. The van der Waals surface area contributed by atoms with Gasteiger partial charge in [0.15, 0.2) is 11.5 Å². The summed E-state index contributed by atoms with van der Waals surface area (Å²) >= 11 is 0. The number of pyridine rings is 1. The number of methoxy groups -OCH3 is 1. The minimum Gasteiger partial charge on any atom is -0.496 e. The molecule has 0 unspecified atom stereocenters. The molecule has 1 aliphatic heterocycles. The molecule has 0 fully saturated rings. The van der Waals surface area contributed by atoms with Crippen LogP contribution in [0.1, 0.15) is 29.7 Å². The van der Waals surface area contributed by atoms with Crippen molar-refractivity contribution in [2.75, 3.05) is 26.1 Å². The van der Waals surface area contributed by atoms with Gasteiger partial charge < -0.3 is 19.9 Å². The molecule has 1 aromatic heterocycles. The van der Waals surface area contributed by atoms with Gasteiger partial charge in [-0.3, -0.25) is 0 Å². The smallest absolute Gasteiger partial charge is 0.165 e. The second-order valence-electron chi connectivity index (χ2n) is 6.19. The van der Waals surface area contributed by atoms with E-state index in [-0.39, 0.29) is 5.82 Å². The number of nitrogens with zero attached hydrogens (tertiary/aromatic N) is 2. The van der Waals surface area contributed by atoms with Gasteiger partial charge in [-0.15, -0.1) is 0 Å². The molecule has 25 heavy (non-hydrogen) atoms. The Hall–Kier alpha value is -2.94. The largest absolute Gasteiger partial charge is 0.496 e. The second kappa shape index (κ2) is 6.17. The van der Waals surface area contributed by atoms with E-state index >= 15 is 0 Å². The summed E-state index contributed by atoms with van der Waals surface area (Å²) in [4.78, 5) is 4.47. The van der Waals surface area contributed by atoms with Gasteiger partial charge in [0.05, 0.1) is 7.11 Å². The van der Waals surface area contributed by atoms with Gasteiger partial charge in [-0.05, 0) is 37.3 Å². The van der Waals surface area contributed by atoms with E-state index in [1.165, 1.54) is 0 Å². The summed E-state index contributed by atoms with van der Waals surface area (Å²) in [6, 6.07) is 5.93. The van der Waals surface area contributed by atoms with E-state index in [2.05, 4.69) is 11.1 Å². The predicted octanol–water partition coefficient (Wildman–Crippen LogP) is 2.86. The molecule has 0 saturated heterocycles. The van der Waals surface area contributed by atoms with Crippen molar-refractivity contribution in [1.29, 1.82) is 5.26 Å². The number of hydrogen-bond donors (Lipinski definition) is 1. The Morgan fingerprint density at radius 3 is 2.60 bits per heavy atom. The quantitative estimate of drug-likeness (QED) is 0.906. The lowest BCUT2D eigenvalue weighted by molar-refractivity contribution is 0.171. The van der Waals surface area contributed by atoms with Crippen molar-refractivity contribution < 1.29 is 14.2 Å². The van der Waals surface area contributed by atoms with Crippen molar-refractivity contribution in [3.63, 3.8) is 0 Å². The fourth-order valence-corrected chi connectivity index (χ4v) is 3.61. The number of benzene rings is 1. The molecule has 1 aromatic carbocycles. The first-order valence-corrected chi connectivity index (χ1v) is 8.42. The lowest BCUT2D eigenvalue weighted by Gasteiger charge is -2.24. The van der Waals surface area contributed by atoms with E-state index in [1.54, 1.807) is 7.11 Å². The molecule has 6 nitrogen and oxygen atoms in total. The summed E-state index contributed by atoms with van der Waals surface area (Å²) in [5.74, 6) is 2.22. The van der Waals surface area contributed by atoms with Gasteiger partial charge in [-0.1, -0.05) is 0 Å². The molecular formula is C19H19N3O3. The topological polar surface area (TPSA) is 90.4 Å². The highest BCUT2D eigenvalue weighted by Crippen LogP contribution is 2.45. The van der Waals surface area contributed by atoms with E-state index in [0.29, 0.717) is 36.0 Å². The summed E-state index contributed by atoms with van der Waals surface area (Å²) < 4.78 is 17.0. The Morgan fingerprint density at radius 2 is 1.88 bits per heavy atom. The molecule has 0 spiro atoms. The van der Waals surface area contributed by atoms with Crippen LogP contribution in [0.4, 0.5) is 5.82 Å². The van der Waals surface area contributed by atoms with E-state index in [0.717, 1.165) is 48.1 Å². The summed E-state index contributed by atoms with van der Waals surface area (Å²) in [7, 11) is 1.61. The van der Waals surface area contributed by atoms with Gasteiger partial charge in [-0.25, -0.2) is 4.98 Å². The zero-order valence-electron chi connectivity index (χ0n) is 14.1. The number of aromatic nitrogens is 1. The van der Waals surface area contributed by atoms with E-state index in [9.17, 15) is 5.26 Å². The fourth-order valence-electron chi connectivity index (χ4n) is 3.61. The number of nitrogens with two attached hydrogens (primary N) is 1. The Balaban J connectivity index is 2.01. The third kappa shape index (κ3) is 2.52. The molecule has 0 amide bonds. The van der Waals surface area contributed by atoms with Gasteiger partial charge in [0, 0.05) is 22.9 Å². The van der Waals surface area contributed by atoms with Crippen LogP contribution in [0.15, 0.2) is 12.1 Å². The van der Waals surface area contributed by atoms with Crippen LogP contribution in [0.2, 0.25) is 0 Å². The Morgan fingerprint density at radius 1 is 1.16 bits per heavy atom. The van der Waals surface area contributed by atoms with E-state index < -0.39 is 0 Å². The molecule has 2 heterocycles. The Kier molecular flexibility index (Phi) is 3.85. The molecule has 0 atom stereocenters. The third-order valence-corrected chi connectivity index (χ3v) is 4.75. The van der Waals surface area contributed by atoms with Crippen LogP contribution >= 0.6 is 0 Å². The zero-order chi connectivity index (χ0) is 17.4. The average molecular weight is 337 g/mol. The second-order valence-corrected chi connectivity index (χ2v) is 6.19. The standard InChI is InChI=1S/C19H19N3O3/c1-23-15-9-17-16(24-6-7-25-17)8-12(15)18-11-4-2-3-5-14(11)22-19(21)13(18)10-20/h8-9H,2-7H2,1H3,(H2,21,22). The molecule has 2 aromatic rings.